The van der Waals surface area contributed by atoms with Gasteiger partial charge in [-0.05, 0) is 50.2 Å². The number of nitrogens with one attached hydrogen (secondary N) is 1. The number of carbonyl (C=O) groups excluding carboxylic acids is 2. The van der Waals surface area contributed by atoms with Crippen LogP contribution in [0.3, 0.4) is 0 Å². The van der Waals surface area contributed by atoms with Gasteiger partial charge in [0.1, 0.15) is 5.75 Å². The van der Waals surface area contributed by atoms with Crippen molar-refractivity contribution < 1.29 is 14.3 Å². The largest absolute Gasteiger partial charge is 0.497 e. The maximum atomic E-state index is 12.8. The van der Waals surface area contributed by atoms with E-state index in [2.05, 4.69) is 15.6 Å². The number of benzene rings is 1. The number of piperazine rings is 1. The predicted molar refractivity (Wildman–Crippen MR) is 106 cm³/mol. The lowest BCUT2D eigenvalue weighted by molar-refractivity contribution is 0.0532. The lowest BCUT2D eigenvalue weighted by Crippen LogP contribution is -2.50. The molecule has 9 heteroatoms. The fraction of sp³-hybridized carbons (Fsp3) is 0.500. The maximum absolute atomic E-state index is 12.8. The molecule has 9 nitrogen and oxygen atoms in total. The number of amides is 2. The number of rotatable bonds is 4. The lowest BCUT2D eigenvalue weighted by Gasteiger charge is -2.34. The average molecular weight is 398 g/mol. The van der Waals surface area contributed by atoms with Crippen LogP contribution in [0.5, 0.6) is 5.75 Å². The van der Waals surface area contributed by atoms with Gasteiger partial charge in [-0.2, -0.15) is 0 Å². The topological polar surface area (TPSA) is 92.6 Å². The van der Waals surface area contributed by atoms with Crippen LogP contribution >= 0.6 is 0 Å². The summed E-state index contributed by atoms with van der Waals surface area (Å²) in [6, 6.07) is 7.37. The van der Waals surface area contributed by atoms with Crippen LogP contribution in [0.2, 0.25) is 0 Å². The summed E-state index contributed by atoms with van der Waals surface area (Å²) in [4.78, 5) is 29.0. The number of hydrogen-bond donors (Lipinski definition) is 1. The van der Waals surface area contributed by atoms with Gasteiger partial charge >= 0.3 is 0 Å². The van der Waals surface area contributed by atoms with E-state index in [0.717, 1.165) is 31.7 Å². The summed E-state index contributed by atoms with van der Waals surface area (Å²) in [5.74, 6) is 0.563. The average Bonchev–Trinajstić information content (AvgIpc) is 3.29. The summed E-state index contributed by atoms with van der Waals surface area (Å²) in [5.41, 5.74) is 0.994. The van der Waals surface area contributed by atoms with Gasteiger partial charge in [0.2, 0.25) is 0 Å². The number of nitrogens with zero attached hydrogens (tertiary/aromatic N) is 5. The van der Waals surface area contributed by atoms with E-state index in [1.165, 1.54) is 0 Å². The summed E-state index contributed by atoms with van der Waals surface area (Å²) in [6.07, 6.45) is 3.74. The van der Waals surface area contributed by atoms with Crippen molar-refractivity contribution in [1.82, 2.24) is 30.1 Å². The smallest absolute Gasteiger partial charge is 0.276 e. The highest BCUT2D eigenvalue weighted by molar-refractivity contribution is 5.95. The summed E-state index contributed by atoms with van der Waals surface area (Å²) < 4.78 is 6.95. The van der Waals surface area contributed by atoms with Crippen molar-refractivity contribution in [1.29, 1.82) is 0 Å². The molecule has 154 valence electrons. The molecule has 0 unspecified atom stereocenters. The minimum atomic E-state index is -0.123. The van der Waals surface area contributed by atoms with E-state index < -0.39 is 0 Å². The first-order valence-electron chi connectivity index (χ1n) is 10.0. The molecule has 1 aromatic carbocycles. The van der Waals surface area contributed by atoms with Crippen LogP contribution in [0.4, 0.5) is 0 Å². The second-order valence-electron chi connectivity index (χ2n) is 7.38. The molecule has 3 heterocycles. The van der Waals surface area contributed by atoms with Gasteiger partial charge in [-0.3, -0.25) is 9.59 Å². The van der Waals surface area contributed by atoms with Gasteiger partial charge in [-0.25, -0.2) is 4.68 Å². The van der Waals surface area contributed by atoms with Crippen LogP contribution in [-0.4, -0.2) is 83.0 Å². The molecule has 2 amide bonds. The molecule has 0 bridgehead atoms. The number of aromatic nitrogens is 3. The quantitative estimate of drug-likeness (QED) is 0.819. The minimum absolute atomic E-state index is 0.0309. The molecular formula is C20H26N6O3. The standard InChI is InChI=1S/C20H26N6O3/c1-29-17-4-2-15(3-5-17)19(27)24-10-12-25(13-11-24)20(28)18-14-26(23-22-18)16-6-8-21-9-7-16/h2-5,14,16,21H,6-13H2,1H3. The zero-order valence-electron chi connectivity index (χ0n) is 16.6. The van der Waals surface area contributed by atoms with Crippen LogP contribution in [0, 0.1) is 0 Å². The Morgan fingerprint density at radius 1 is 1.00 bits per heavy atom. The second-order valence-corrected chi connectivity index (χ2v) is 7.38. The molecule has 0 spiro atoms. The SMILES string of the molecule is COc1ccc(C(=O)N2CCN(C(=O)c3cn(C4CCNCC4)nn3)CC2)cc1. The molecule has 2 fully saturated rings. The fourth-order valence-electron chi connectivity index (χ4n) is 3.82. The van der Waals surface area contributed by atoms with Crippen molar-refractivity contribution in [3.05, 3.63) is 41.7 Å². The van der Waals surface area contributed by atoms with E-state index in [4.69, 9.17) is 4.74 Å². The van der Waals surface area contributed by atoms with E-state index in [0.29, 0.717) is 43.5 Å². The predicted octanol–water partition coefficient (Wildman–Crippen LogP) is 0.809. The van der Waals surface area contributed by atoms with Crippen LogP contribution in [0.25, 0.3) is 0 Å². The van der Waals surface area contributed by atoms with Gasteiger partial charge < -0.3 is 19.9 Å². The van der Waals surface area contributed by atoms with Crippen LogP contribution in [0.15, 0.2) is 30.5 Å². The normalized spacial score (nSPS) is 18.0. The highest BCUT2D eigenvalue weighted by Crippen LogP contribution is 2.18. The molecule has 29 heavy (non-hydrogen) atoms. The number of hydrogen-bond acceptors (Lipinski definition) is 6. The van der Waals surface area contributed by atoms with Gasteiger partial charge in [0.25, 0.3) is 11.8 Å². The van der Waals surface area contributed by atoms with Crippen molar-refractivity contribution >= 4 is 11.8 Å². The molecule has 0 atom stereocenters. The molecule has 2 aromatic rings. The molecule has 0 aliphatic carbocycles. The Hall–Kier alpha value is -2.94. The molecule has 2 saturated heterocycles. The van der Waals surface area contributed by atoms with E-state index in [-0.39, 0.29) is 11.8 Å². The van der Waals surface area contributed by atoms with E-state index >= 15 is 0 Å². The Bertz CT molecular complexity index is 851. The molecule has 2 aliphatic rings. The van der Waals surface area contributed by atoms with Crippen molar-refractivity contribution in [2.75, 3.05) is 46.4 Å². The fourth-order valence-corrected chi connectivity index (χ4v) is 3.82. The van der Waals surface area contributed by atoms with Gasteiger partial charge in [0.05, 0.1) is 19.3 Å². The first-order chi connectivity index (χ1) is 14.2. The highest BCUT2D eigenvalue weighted by atomic mass is 16.5. The summed E-state index contributed by atoms with van der Waals surface area (Å²) in [7, 11) is 1.60. The molecule has 2 aliphatic heterocycles. The summed E-state index contributed by atoms with van der Waals surface area (Å²) >= 11 is 0. The first kappa shape index (κ1) is 19.4. The molecule has 1 aromatic heterocycles. The minimum Gasteiger partial charge on any atom is -0.497 e. The Morgan fingerprint density at radius 2 is 1.62 bits per heavy atom. The third kappa shape index (κ3) is 4.24. The molecule has 1 N–H and O–H groups in total. The van der Waals surface area contributed by atoms with Crippen LogP contribution in [-0.2, 0) is 0 Å². The number of piperidine rings is 1. The van der Waals surface area contributed by atoms with Crippen molar-refractivity contribution in [3.8, 4) is 5.75 Å². The number of methoxy groups -OCH3 is 1. The Morgan fingerprint density at radius 3 is 2.24 bits per heavy atom. The summed E-state index contributed by atoms with van der Waals surface area (Å²) in [6.45, 7) is 3.88. The van der Waals surface area contributed by atoms with Crippen molar-refractivity contribution in [2.45, 2.75) is 18.9 Å². The Kier molecular flexibility index (Phi) is 5.75. The van der Waals surface area contributed by atoms with E-state index in [9.17, 15) is 9.59 Å². The Labute approximate surface area is 169 Å². The maximum Gasteiger partial charge on any atom is 0.276 e. The van der Waals surface area contributed by atoms with Crippen molar-refractivity contribution in [2.24, 2.45) is 0 Å². The monoisotopic (exact) mass is 398 g/mol. The molecular weight excluding hydrogens is 372 g/mol. The zero-order chi connectivity index (χ0) is 20.2. The zero-order valence-corrected chi connectivity index (χ0v) is 16.6. The molecule has 4 rings (SSSR count). The molecule has 0 saturated carbocycles. The van der Waals surface area contributed by atoms with Crippen LogP contribution < -0.4 is 10.1 Å². The lowest BCUT2D eigenvalue weighted by atomic mass is 10.1. The highest BCUT2D eigenvalue weighted by Gasteiger charge is 2.27. The summed E-state index contributed by atoms with van der Waals surface area (Å²) in [5, 5.41) is 11.6. The first-order valence-corrected chi connectivity index (χ1v) is 10.0. The molecule has 0 radical (unpaired) electrons. The second kappa shape index (κ2) is 8.60. The Balaban J connectivity index is 1.33. The van der Waals surface area contributed by atoms with E-state index in [1.54, 1.807) is 47.4 Å². The third-order valence-electron chi connectivity index (χ3n) is 5.60. The van der Waals surface area contributed by atoms with Gasteiger partial charge in [0.15, 0.2) is 5.69 Å². The van der Waals surface area contributed by atoms with Crippen molar-refractivity contribution in [3.63, 3.8) is 0 Å². The van der Waals surface area contributed by atoms with Gasteiger partial charge in [-0.1, -0.05) is 5.21 Å². The third-order valence-corrected chi connectivity index (χ3v) is 5.60. The van der Waals surface area contributed by atoms with Crippen LogP contribution in [0.1, 0.15) is 39.7 Å². The number of ether oxygens (including phenoxy) is 1. The van der Waals surface area contributed by atoms with Gasteiger partial charge in [0, 0.05) is 31.7 Å². The van der Waals surface area contributed by atoms with Gasteiger partial charge in [-0.15, -0.1) is 5.10 Å². The van der Waals surface area contributed by atoms with E-state index in [1.807, 2.05) is 4.68 Å². The number of carbonyl (C=O) groups is 2.